The van der Waals surface area contributed by atoms with Gasteiger partial charge in [-0.2, -0.15) is 0 Å². The number of alkyl carbamates (subject to hydrolysis) is 1. The number of ether oxygens (including phenoxy) is 1. The Kier molecular flexibility index (Phi) is 5.89. The minimum absolute atomic E-state index is 0.0130. The first kappa shape index (κ1) is 19.8. The molecule has 1 aliphatic rings. The first-order chi connectivity index (χ1) is 14.6. The lowest BCUT2D eigenvalue weighted by atomic mass is 9.98. The Hall–Kier alpha value is -3.47. The number of hydrogen-bond donors (Lipinski definition) is 1. The molecule has 0 saturated heterocycles. The van der Waals surface area contributed by atoms with Crippen LogP contribution in [-0.2, 0) is 4.74 Å². The number of rotatable bonds is 6. The third-order valence-corrected chi connectivity index (χ3v) is 5.18. The van der Waals surface area contributed by atoms with Gasteiger partial charge in [-0.05, 0) is 46.9 Å². The normalized spacial score (nSPS) is 12.6. The van der Waals surface area contributed by atoms with Crippen LogP contribution >= 0.6 is 0 Å². The van der Waals surface area contributed by atoms with Gasteiger partial charge in [0.05, 0.1) is 0 Å². The summed E-state index contributed by atoms with van der Waals surface area (Å²) in [6.45, 7) is 0.592. The van der Waals surface area contributed by atoms with Gasteiger partial charge in [0, 0.05) is 18.0 Å². The molecule has 0 atom stereocenters. The standard InChI is InChI=1S/C25H21F2NO2/c26-18-12-13-24(27)17(15-18)7-5-6-14-28-25(29)30-16-23-21-10-3-1-8-19(21)20-9-2-4-11-22(20)23/h1-5,7-13,15,23H,6,14,16H2,(H,28,29). The zero-order valence-electron chi connectivity index (χ0n) is 16.3. The molecule has 0 heterocycles. The molecule has 0 spiro atoms. The SMILES string of the molecule is O=C(NCCC=Cc1cc(F)ccc1F)OCC1c2ccccc2-c2ccccc21. The average Bonchev–Trinajstić information content (AvgIpc) is 3.08. The molecule has 4 rings (SSSR count). The van der Waals surface area contributed by atoms with Gasteiger partial charge in [-0.1, -0.05) is 60.7 Å². The van der Waals surface area contributed by atoms with E-state index >= 15 is 0 Å². The van der Waals surface area contributed by atoms with Crippen molar-refractivity contribution in [2.75, 3.05) is 13.2 Å². The van der Waals surface area contributed by atoms with E-state index in [4.69, 9.17) is 4.74 Å². The fourth-order valence-corrected chi connectivity index (χ4v) is 3.76. The zero-order chi connectivity index (χ0) is 20.9. The van der Waals surface area contributed by atoms with Crippen molar-refractivity contribution in [1.82, 2.24) is 5.32 Å². The van der Waals surface area contributed by atoms with Gasteiger partial charge in [-0.3, -0.25) is 0 Å². The molecule has 1 aliphatic carbocycles. The summed E-state index contributed by atoms with van der Waals surface area (Å²) in [5, 5.41) is 2.69. The summed E-state index contributed by atoms with van der Waals surface area (Å²) in [6, 6.07) is 19.6. The van der Waals surface area contributed by atoms with E-state index in [0.29, 0.717) is 13.0 Å². The largest absolute Gasteiger partial charge is 0.449 e. The van der Waals surface area contributed by atoms with Gasteiger partial charge in [-0.15, -0.1) is 0 Å². The maximum Gasteiger partial charge on any atom is 0.407 e. The topological polar surface area (TPSA) is 38.3 Å². The summed E-state index contributed by atoms with van der Waals surface area (Å²) in [5.74, 6) is -0.969. The van der Waals surface area contributed by atoms with Crippen LogP contribution in [0.2, 0.25) is 0 Å². The molecule has 1 amide bonds. The lowest BCUT2D eigenvalue weighted by Crippen LogP contribution is -2.26. The summed E-state index contributed by atoms with van der Waals surface area (Å²) >= 11 is 0. The molecule has 152 valence electrons. The monoisotopic (exact) mass is 405 g/mol. The fourth-order valence-electron chi connectivity index (χ4n) is 3.76. The van der Waals surface area contributed by atoms with Gasteiger partial charge in [0.2, 0.25) is 0 Å². The Balaban J connectivity index is 1.28. The van der Waals surface area contributed by atoms with Crippen LogP contribution in [0.3, 0.4) is 0 Å². The minimum Gasteiger partial charge on any atom is -0.449 e. The molecule has 3 nitrogen and oxygen atoms in total. The van der Waals surface area contributed by atoms with Gasteiger partial charge >= 0.3 is 6.09 Å². The van der Waals surface area contributed by atoms with Gasteiger partial charge in [0.25, 0.3) is 0 Å². The summed E-state index contributed by atoms with van der Waals surface area (Å²) in [7, 11) is 0. The third-order valence-electron chi connectivity index (χ3n) is 5.18. The van der Waals surface area contributed by atoms with Crippen molar-refractivity contribution in [2.45, 2.75) is 12.3 Å². The zero-order valence-corrected chi connectivity index (χ0v) is 16.3. The van der Waals surface area contributed by atoms with Crippen molar-refractivity contribution in [2.24, 2.45) is 0 Å². The van der Waals surface area contributed by atoms with E-state index in [0.717, 1.165) is 29.3 Å². The Morgan fingerprint density at radius 2 is 1.63 bits per heavy atom. The Morgan fingerprint density at radius 1 is 0.967 bits per heavy atom. The average molecular weight is 405 g/mol. The number of benzene rings is 3. The van der Waals surface area contributed by atoms with Crippen molar-refractivity contribution in [1.29, 1.82) is 0 Å². The van der Waals surface area contributed by atoms with E-state index in [9.17, 15) is 13.6 Å². The van der Waals surface area contributed by atoms with Crippen molar-refractivity contribution in [3.63, 3.8) is 0 Å². The summed E-state index contributed by atoms with van der Waals surface area (Å²) in [4.78, 5) is 12.1. The van der Waals surface area contributed by atoms with Crippen LogP contribution in [0.15, 0.2) is 72.8 Å². The highest BCUT2D eigenvalue weighted by Crippen LogP contribution is 2.44. The molecule has 0 fully saturated rings. The third kappa shape index (κ3) is 4.25. The second-order valence-corrected chi connectivity index (χ2v) is 7.11. The second-order valence-electron chi connectivity index (χ2n) is 7.11. The second kappa shape index (κ2) is 8.91. The van der Waals surface area contributed by atoms with E-state index in [-0.39, 0.29) is 18.1 Å². The highest BCUT2D eigenvalue weighted by molar-refractivity contribution is 5.79. The molecule has 3 aromatic rings. The Morgan fingerprint density at radius 3 is 2.33 bits per heavy atom. The minimum atomic E-state index is -0.498. The first-order valence-electron chi connectivity index (χ1n) is 9.84. The molecule has 0 radical (unpaired) electrons. The van der Waals surface area contributed by atoms with Gasteiger partial charge < -0.3 is 10.1 Å². The van der Waals surface area contributed by atoms with Crippen LogP contribution in [0.1, 0.15) is 29.0 Å². The molecular formula is C25H21F2NO2. The van der Waals surface area contributed by atoms with Crippen molar-refractivity contribution in [3.05, 3.63) is 101 Å². The van der Waals surface area contributed by atoms with E-state index in [2.05, 4.69) is 29.6 Å². The molecule has 1 N–H and O–H groups in total. The van der Waals surface area contributed by atoms with Crippen molar-refractivity contribution in [3.8, 4) is 11.1 Å². The molecule has 0 bridgehead atoms. The van der Waals surface area contributed by atoms with Crippen LogP contribution in [0.4, 0.5) is 13.6 Å². The highest BCUT2D eigenvalue weighted by atomic mass is 19.1. The number of carbonyl (C=O) groups excluding carboxylic acids is 1. The quantitative estimate of drug-likeness (QED) is 0.518. The summed E-state index contributed by atoms with van der Waals surface area (Å²) in [5.41, 5.74) is 4.85. The van der Waals surface area contributed by atoms with Crippen LogP contribution in [0.25, 0.3) is 17.2 Å². The summed E-state index contributed by atoms with van der Waals surface area (Å²) in [6.07, 6.45) is 3.15. The van der Waals surface area contributed by atoms with Crippen molar-refractivity contribution < 1.29 is 18.3 Å². The van der Waals surface area contributed by atoms with E-state index in [1.165, 1.54) is 17.2 Å². The maximum atomic E-state index is 13.6. The number of amides is 1. The molecular weight excluding hydrogens is 384 g/mol. The molecule has 5 heteroatoms. The number of carbonyl (C=O) groups is 1. The van der Waals surface area contributed by atoms with Crippen LogP contribution in [-0.4, -0.2) is 19.2 Å². The lowest BCUT2D eigenvalue weighted by Gasteiger charge is -2.14. The van der Waals surface area contributed by atoms with Crippen LogP contribution in [0, 0.1) is 11.6 Å². The van der Waals surface area contributed by atoms with Crippen LogP contribution < -0.4 is 5.32 Å². The van der Waals surface area contributed by atoms with E-state index in [1.807, 2.05) is 24.3 Å². The smallest absolute Gasteiger partial charge is 0.407 e. The van der Waals surface area contributed by atoms with Crippen LogP contribution in [0.5, 0.6) is 0 Å². The first-order valence-corrected chi connectivity index (χ1v) is 9.84. The van der Waals surface area contributed by atoms with Gasteiger partial charge in [-0.25, -0.2) is 13.6 Å². The Labute approximate surface area is 174 Å². The molecule has 0 unspecified atom stereocenters. The van der Waals surface area contributed by atoms with Gasteiger partial charge in [0.15, 0.2) is 0 Å². The molecule has 0 aliphatic heterocycles. The number of hydrogen-bond acceptors (Lipinski definition) is 2. The Bertz CT molecular complexity index is 1050. The number of halogens is 2. The van der Waals surface area contributed by atoms with Crippen molar-refractivity contribution >= 4 is 12.2 Å². The number of fused-ring (bicyclic) bond motifs is 3. The number of nitrogens with one attached hydrogen (secondary N) is 1. The van der Waals surface area contributed by atoms with E-state index < -0.39 is 17.7 Å². The highest BCUT2D eigenvalue weighted by Gasteiger charge is 2.28. The van der Waals surface area contributed by atoms with E-state index in [1.54, 1.807) is 6.08 Å². The predicted molar refractivity (Wildman–Crippen MR) is 113 cm³/mol. The molecule has 3 aromatic carbocycles. The molecule has 0 aromatic heterocycles. The molecule has 30 heavy (non-hydrogen) atoms. The maximum absolute atomic E-state index is 13.6. The lowest BCUT2D eigenvalue weighted by molar-refractivity contribution is 0.143. The van der Waals surface area contributed by atoms with Gasteiger partial charge in [0.1, 0.15) is 18.2 Å². The summed E-state index contributed by atoms with van der Waals surface area (Å²) < 4.78 is 32.2. The predicted octanol–water partition coefficient (Wildman–Crippen LogP) is 5.91. The fraction of sp³-hybridized carbons (Fsp3) is 0.160. The molecule has 0 saturated carbocycles.